The Kier molecular flexibility index (Phi) is 6.28. The summed E-state index contributed by atoms with van der Waals surface area (Å²) < 4.78 is 5.34. The summed E-state index contributed by atoms with van der Waals surface area (Å²) in [5, 5.41) is 20.5. The number of hydrogen-bond acceptors (Lipinski definition) is 4. The molecule has 1 heterocycles. The third-order valence-electron chi connectivity index (χ3n) is 10.6. The fourth-order valence-corrected chi connectivity index (χ4v) is 8.17. The van der Waals surface area contributed by atoms with Crippen LogP contribution in [0.1, 0.15) is 86.5 Å². The van der Waals surface area contributed by atoms with Crippen molar-refractivity contribution in [3.8, 4) is 0 Å². The van der Waals surface area contributed by atoms with Crippen LogP contribution in [0.3, 0.4) is 0 Å². The van der Waals surface area contributed by atoms with Gasteiger partial charge in [-0.1, -0.05) is 57.6 Å². The van der Waals surface area contributed by atoms with E-state index < -0.39 is 17.7 Å². The number of carbonyl (C=O) groups is 2. The molecular formula is C30H42O5. The quantitative estimate of drug-likeness (QED) is 0.326. The maximum absolute atomic E-state index is 11.9. The van der Waals surface area contributed by atoms with Crippen LogP contribution in [0.2, 0.25) is 0 Å². The number of carbonyl (C=O) groups excluding carboxylic acids is 1. The first-order valence-electron chi connectivity index (χ1n) is 13.1. The molecule has 0 aromatic rings. The van der Waals surface area contributed by atoms with Gasteiger partial charge in [0.2, 0.25) is 5.79 Å². The van der Waals surface area contributed by atoms with E-state index in [1.807, 2.05) is 0 Å². The van der Waals surface area contributed by atoms with E-state index in [0.29, 0.717) is 24.3 Å². The summed E-state index contributed by atoms with van der Waals surface area (Å²) in [6, 6.07) is 0. The van der Waals surface area contributed by atoms with Crippen molar-refractivity contribution in [3.63, 3.8) is 0 Å². The Morgan fingerprint density at radius 1 is 1.29 bits per heavy atom. The zero-order valence-corrected chi connectivity index (χ0v) is 22.2. The van der Waals surface area contributed by atoms with Crippen molar-refractivity contribution in [1.82, 2.24) is 0 Å². The molecule has 4 rings (SSSR count). The van der Waals surface area contributed by atoms with Gasteiger partial charge in [0.1, 0.15) is 0 Å². The lowest BCUT2D eigenvalue weighted by molar-refractivity contribution is -0.187. The predicted octanol–water partition coefficient (Wildman–Crippen LogP) is 6.35. The van der Waals surface area contributed by atoms with Gasteiger partial charge < -0.3 is 14.9 Å². The SMILES string of the molecule is C=C(C)[C@@H]1C=CC2=C3CC[C@@](C)([C@@H](C)CC4(O)C=C(C)C(=O)O4)[C@]3(C)CC[C@H]2[C@@]1(C)CCC(=O)O. The lowest BCUT2D eigenvalue weighted by atomic mass is 9.49. The summed E-state index contributed by atoms with van der Waals surface area (Å²) in [5.74, 6) is -2.08. The third kappa shape index (κ3) is 3.94. The molecule has 5 heteroatoms. The minimum absolute atomic E-state index is 0.0237. The summed E-state index contributed by atoms with van der Waals surface area (Å²) >= 11 is 0. The molecule has 2 N–H and O–H groups in total. The molecule has 35 heavy (non-hydrogen) atoms. The van der Waals surface area contributed by atoms with Gasteiger partial charge in [0.15, 0.2) is 0 Å². The summed E-state index contributed by atoms with van der Waals surface area (Å²) in [6.07, 6.45) is 11.4. The summed E-state index contributed by atoms with van der Waals surface area (Å²) in [7, 11) is 0. The van der Waals surface area contributed by atoms with Crippen LogP contribution < -0.4 is 0 Å². The molecule has 1 aliphatic heterocycles. The van der Waals surface area contributed by atoms with Crippen molar-refractivity contribution in [2.75, 3.05) is 0 Å². The van der Waals surface area contributed by atoms with E-state index in [9.17, 15) is 19.8 Å². The summed E-state index contributed by atoms with van der Waals surface area (Å²) in [5.41, 5.74) is 4.23. The Bertz CT molecular complexity index is 1050. The van der Waals surface area contributed by atoms with E-state index in [2.05, 4.69) is 53.3 Å². The molecule has 1 fully saturated rings. The van der Waals surface area contributed by atoms with Crippen molar-refractivity contribution < 1.29 is 24.5 Å². The zero-order chi connectivity index (χ0) is 26.0. The average Bonchev–Trinajstić information content (AvgIpc) is 3.18. The Balaban J connectivity index is 1.69. The van der Waals surface area contributed by atoms with Crippen molar-refractivity contribution in [2.45, 2.75) is 92.3 Å². The highest BCUT2D eigenvalue weighted by Crippen LogP contribution is 2.68. The number of carboxylic acids is 1. The van der Waals surface area contributed by atoms with E-state index in [0.717, 1.165) is 31.3 Å². The zero-order valence-electron chi connectivity index (χ0n) is 22.2. The molecule has 1 saturated carbocycles. The van der Waals surface area contributed by atoms with Gasteiger partial charge in [-0.25, -0.2) is 4.79 Å². The molecule has 0 amide bonds. The number of cyclic esters (lactones) is 1. The van der Waals surface area contributed by atoms with E-state index in [4.69, 9.17) is 4.74 Å². The van der Waals surface area contributed by atoms with Crippen molar-refractivity contribution in [3.05, 3.63) is 47.1 Å². The van der Waals surface area contributed by atoms with Gasteiger partial charge >= 0.3 is 11.9 Å². The monoisotopic (exact) mass is 482 g/mol. The Labute approximate surface area is 210 Å². The second kappa shape index (κ2) is 8.47. The molecule has 0 aromatic carbocycles. The van der Waals surface area contributed by atoms with Gasteiger partial charge in [-0.15, -0.1) is 0 Å². The van der Waals surface area contributed by atoms with Crippen LogP contribution in [0.5, 0.6) is 0 Å². The van der Waals surface area contributed by atoms with Crippen molar-refractivity contribution in [1.29, 1.82) is 0 Å². The van der Waals surface area contributed by atoms with Crippen LogP contribution in [0.4, 0.5) is 0 Å². The molecule has 3 aliphatic carbocycles. The van der Waals surface area contributed by atoms with Crippen LogP contribution >= 0.6 is 0 Å². The Morgan fingerprint density at radius 2 is 1.97 bits per heavy atom. The van der Waals surface area contributed by atoms with Gasteiger partial charge in [-0.3, -0.25) is 4.79 Å². The minimum atomic E-state index is -1.53. The number of rotatable bonds is 7. The van der Waals surface area contributed by atoms with Crippen LogP contribution in [0.15, 0.2) is 47.1 Å². The van der Waals surface area contributed by atoms with Crippen LogP contribution in [0, 0.1) is 34.0 Å². The molecule has 192 valence electrons. The van der Waals surface area contributed by atoms with Gasteiger partial charge in [-0.05, 0) is 85.7 Å². The molecule has 1 unspecified atom stereocenters. The third-order valence-corrected chi connectivity index (χ3v) is 10.6. The number of aliphatic hydroxyl groups is 1. The van der Waals surface area contributed by atoms with Gasteiger partial charge in [-0.2, -0.15) is 0 Å². The van der Waals surface area contributed by atoms with Crippen LogP contribution in [-0.4, -0.2) is 27.9 Å². The smallest absolute Gasteiger partial charge is 0.336 e. The standard InChI is InChI=1S/C30H42O5/c1-18(2)22-9-8-21-23(27(22,5)13-12-25(31)32)10-15-29(7)24(21)11-14-28(29,6)20(4)17-30(34)16-19(3)26(33)35-30/h8-9,16,20,22-23,34H,1,10-15,17H2,2-7H3,(H,31,32)/t20-,22-,23+,27-,28-,29+,30?/m0/s1. The fraction of sp³-hybridized carbons (Fsp3) is 0.667. The summed E-state index contributed by atoms with van der Waals surface area (Å²) in [4.78, 5) is 23.5. The van der Waals surface area contributed by atoms with Crippen LogP contribution in [0.25, 0.3) is 0 Å². The Morgan fingerprint density at radius 3 is 2.54 bits per heavy atom. The highest BCUT2D eigenvalue weighted by Gasteiger charge is 2.59. The molecule has 0 aromatic heterocycles. The van der Waals surface area contributed by atoms with Gasteiger partial charge in [0.05, 0.1) is 0 Å². The van der Waals surface area contributed by atoms with Crippen LogP contribution in [-0.2, 0) is 14.3 Å². The number of carboxylic acid groups (broad SMARTS) is 1. The minimum Gasteiger partial charge on any atom is -0.481 e. The normalized spacial score (nSPS) is 41.2. The maximum atomic E-state index is 11.9. The molecule has 0 radical (unpaired) electrons. The maximum Gasteiger partial charge on any atom is 0.336 e. The van der Waals surface area contributed by atoms with E-state index >= 15 is 0 Å². The highest BCUT2D eigenvalue weighted by atomic mass is 16.7. The molecular weight excluding hydrogens is 440 g/mol. The largest absolute Gasteiger partial charge is 0.481 e. The number of fused-ring (bicyclic) bond motifs is 2. The fourth-order valence-electron chi connectivity index (χ4n) is 8.17. The number of esters is 1. The van der Waals surface area contributed by atoms with Crippen molar-refractivity contribution >= 4 is 11.9 Å². The number of allylic oxidation sites excluding steroid dienone is 5. The lowest BCUT2D eigenvalue weighted by Crippen LogP contribution is -2.47. The van der Waals surface area contributed by atoms with E-state index in [1.165, 1.54) is 11.1 Å². The average molecular weight is 483 g/mol. The van der Waals surface area contributed by atoms with Gasteiger partial charge in [0, 0.05) is 24.3 Å². The molecule has 0 bridgehead atoms. The first-order chi connectivity index (χ1) is 16.2. The van der Waals surface area contributed by atoms with E-state index in [1.54, 1.807) is 13.0 Å². The number of hydrogen-bond donors (Lipinski definition) is 2. The van der Waals surface area contributed by atoms with Gasteiger partial charge in [0.25, 0.3) is 0 Å². The lowest BCUT2D eigenvalue weighted by Gasteiger charge is -2.55. The highest BCUT2D eigenvalue weighted by molar-refractivity contribution is 5.90. The first-order valence-corrected chi connectivity index (χ1v) is 13.1. The topological polar surface area (TPSA) is 83.8 Å². The summed E-state index contributed by atoms with van der Waals surface area (Å²) in [6.45, 7) is 17.2. The Hall–Kier alpha value is -2.14. The molecule has 4 aliphatic rings. The second-order valence-corrected chi connectivity index (χ2v) is 12.5. The first kappa shape index (κ1) is 25.9. The van der Waals surface area contributed by atoms with E-state index in [-0.39, 0.29) is 34.5 Å². The molecule has 5 nitrogen and oxygen atoms in total. The molecule has 7 atom stereocenters. The number of ether oxygens (including phenoxy) is 1. The molecule has 0 spiro atoms. The predicted molar refractivity (Wildman–Crippen MR) is 136 cm³/mol. The van der Waals surface area contributed by atoms with Crippen molar-refractivity contribution in [2.24, 2.45) is 34.0 Å². The second-order valence-electron chi connectivity index (χ2n) is 12.5. The number of aliphatic carboxylic acids is 1. The molecule has 0 saturated heterocycles.